The molecule has 0 unspecified atom stereocenters. The molecule has 0 N–H and O–H groups in total. The SMILES string of the molecule is CCCCc1nc(C)n(CC2CC2)c(=O)c1Cc1ccc(-c2ccccc2)c(C#N)c1. The topological polar surface area (TPSA) is 58.7 Å². The Morgan fingerprint density at radius 3 is 2.61 bits per heavy atom. The van der Waals surface area contributed by atoms with E-state index in [1.165, 1.54) is 12.8 Å². The Morgan fingerprint density at radius 2 is 1.94 bits per heavy atom. The van der Waals surface area contributed by atoms with Crippen LogP contribution in [-0.4, -0.2) is 9.55 Å². The summed E-state index contributed by atoms with van der Waals surface area (Å²) in [6, 6.07) is 18.3. The molecule has 1 aliphatic rings. The van der Waals surface area contributed by atoms with Gasteiger partial charge in [-0.2, -0.15) is 5.26 Å². The van der Waals surface area contributed by atoms with E-state index in [1.54, 1.807) is 0 Å². The van der Waals surface area contributed by atoms with Gasteiger partial charge in [-0.25, -0.2) is 4.98 Å². The number of nitrogens with zero attached hydrogens (tertiary/aromatic N) is 3. The van der Waals surface area contributed by atoms with Gasteiger partial charge in [0.05, 0.1) is 17.3 Å². The van der Waals surface area contributed by atoms with E-state index >= 15 is 0 Å². The molecule has 1 aliphatic carbocycles. The third kappa shape index (κ3) is 4.77. The molecule has 1 aromatic heterocycles. The Kier molecular flexibility index (Phi) is 6.32. The van der Waals surface area contributed by atoms with E-state index < -0.39 is 0 Å². The number of rotatable bonds is 8. The summed E-state index contributed by atoms with van der Waals surface area (Å²) >= 11 is 0. The van der Waals surface area contributed by atoms with Crippen LogP contribution in [0.3, 0.4) is 0 Å². The van der Waals surface area contributed by atoms with Crippen LogP contribution >= 0.6 is 0 Å². The highest BCUT2D eigenvalue weighted by Crippen LogP contribution is 2.30. The highest BCUT2D eigenvalue weighted by molar-refractivity contribution is 5.71. The maximum Gasteiger partial charge on any atom is 0.257 e. The first-order valence-electron chi connectivity index (χ1n) is 11.3. The Hall–Kier alpha value is -3.19. The van der Waals surface area contributed by atoms with Crippen LogP contribution in [0, 0.1) is 24.2 Å². The van der Waals surface area contributed by atoms with Crippen molar-refractivity contribution in [2.45, 2.75) is 58.9 Å². The number of nitriles is 1. The van der Waals surface area contributed by atoms with Crippen molar-refractivity contribution in [1.82, 2.24) is 9.55 Å². The Balaban J connectivity index is 1.72. The van der Waals surface area contributed by atoms with Crippen molar-refractivity contribution in [2.24, 2.45) is 5.92 Å². The van der Waals surface area contributed by atoms with Crippen LogP contribution in [0.4, 0.5) is 0 Å². The third-order valence-corrected chi connectivity index (χ3v) is 6.11. The second-order valence-electron chi connectivity index (χ2n) is 8.58. The predicted molar refractivity (Wildman–Crippen MR) is 124 cm³/mol. The molecule has 1 fully saturated rings. The molecule has 1 heterocycles. The third-order valence-electron chi connectivity index (χ3n) is 6.11. The molecule has 4 heteroatoms. The lowest BCUT2D eigenvalue weighted by atomic mass is 9.95. The minimum Gasteiger partial charge on any atom is -0.296 e. The zero-order chi connectivity index (χ0) is 21.8. The molecule has 0 radical (unpaired) electrons. The van der Waals surface area contributed by atoms with Gasteiger partial charge < -0.3 is 0 Å². The minimum absolute atomic E-state index is 0.0937. The normalized spacial score (nSPS) is 13.2. The van der Waals surface area contributed by atoms with E-state index in [4.69, 9.17) is 4.98 Å². The zero-order valence-electron chi connectivity index (χ0n) is 18.4. The van der Waals surface area contributed by atoms with Crippen molar-refractivity contribution < 1.29 is 0 Å². The molecule has 4 nitrogen and oxygen atoms in total. The van der Waals surface area contributed by atoms with Crippen LogP contribution in [-0.2, 0) is 19.4 Å². The summed E-state index contributed by atoms with van der Waals surface area (Å²) in [6.45, 7) is 4.88. The van der Waals surface area contributed by atoms with E-state index in [1.807, 2.05) is 60.0 Å². The summed E-state index contributed by atoms with van der Waals surface area (Å²) in [5.74, 6) is 1.44. The quantitative estimate of drug-likeness (QED) is 0.496. The van der Waals surface area contributed by atoms with Gasteiger partial charge in [0.1, 0.15) is 5.82 Å². The second-order valence-corrected chi connectivity index (χ2v) is 8.58. The number of benzene rings is 2. The zero-order valence-corrected chi connectivity index (χ0v) is 18.4. The number of aromatic nitrogens is 2. The van der Waals surface area contributed by atoms with Crippen molar-refractivity contribution >= 4 is 0 Å². The monoisotopic (exact) mass is 411 g/mol. The summed E-state index contributed by atoms with van der Waals surface area (Å²) in [5, 5.41) is 9.75. The van der Waals surface area contributed by atoms with E-state index in [2.05, 4.69) is 13.0 Å². The molecule has 3 aromatic rings. The number of hydrogen-bond acceptors (Lipinski definition) is 3. The van der Waals surface area contributed by atoms with Crippen molar-refractivity contribution in [1.29, 1.82) is 5.26 Å². The van der Waals surface area contributed by atoms with Gasteiger partial charge in [0.2, 0.25) is 0 Å². The van der Waals surface area contributed by atoms with Gasteiger partial charge in [-0.05, 0) is 61.3 Å². The number of aryl methyl sites for hydroxylation is 2. The average Bonchev–Trinajstić information content (AvgIpc) is 3.62. The molecule has 1 saturated carbocycles. The van der Waals surface area contributed by atoms with Crippen molar-refractivity contribution in [3.8, 4) is 17.2 Å². The first-order valence-corrected chi connectivity index (χ1v) is 11.3. The van der Waals surface area contributed by atoms with Gasteiger partial charge in [0.25, 0.3) is 5.56 Å². The maximum atomic E-state index is 13.4. The van der Waals surface area contributed by atoms with E-state index in [0.717, 1.165) is 59.6 Å². The Morgan fingerprint density at radius 1 is 1.16 bits per heavy atom. The van der Waals surface area contributed by atoms with Crippen LogP contribution in [0.15, 0.2) is 53.3 Å². The van der Waals surface area contributed by atoms with E-state index in [-0.39, 0.29) is 5.56 Å². The molecule has 158 valence electrons. The Bertz CT molecular complexity index is 1170. The van der Waals surface area contributed by atoms with Crippen LogP contribution in [0.2, 0.25) is 0 Å². The van der Waals surface area contributed by atoms with E-state index in [9.17, 15) is 10.1 Å². The second kappa shape index (κ2) is 9.31. The molecule has 0 saturated heterocycles. The standard InChI is InChI=1S/C27H29N3O/c1-3-4-10-26-25(27(31)30(19(2)29-26)18-20-11-12-20)16-21-13-14-24(23(15-21)17-28)22-8-6-5-7-9-22/h5-9,13-15,20H,3-4,10-12,16,18H2,1-2H3. The van der Waals surface area contributed by atoms with Crippen molar-refractivity contribution in [3.63, 3.8) is 0 Å². The summed E-state index contributed by atoms with van der Waals surface area (Å²) in [6.07, 6.45) is 5.81. The van der Waals surface area contributed by atoms with Gasteiger partial charge in [0, 0.05) is 18.5 Å². The molecule has 0 amide bonds. The van der Waals surface area contributed by atoms with Crippen LogP contribution < -0.4 is 5.56 Å². The predicted octanol–water partition coefficient (Wildman–Crippen LogP) is 5.43. The maximum absolute atomic E-state index is 13.4. The number of unbranched alkanes of at least 4 members (excludes halogenated alkanes) is 1. The first kappa shape index (κ1) is 21.1. The molecule has 2 aromatic carbocycles. The highest BCUT2D eigenvalue weighted by Gasteiger charge is 2.24. The molecule has 0 aliphatic heterocycles. The molecule has 31 heavy (non-hydrogen) atoms. The molecule has 0 bridgehead atoms. The summed E-state index contributed by atoms with van der Waals surface area (Å²) in [4.78, 5) is 18.3. The summed E-state index contributed by atoms with van der Waals surface area (Å²) in [5.41, 5.74) is 5.37. The van der Waals surface area contributed by atoms with Crippen LogP contribution in [0.5, 0.6) is 0 Å². The summed E-state index contributed by atoms with van der Waals surface area (Å²) in [7, 11) is 0. The fourth-order valence-corrected chi connectivity index (χ4v) is 4.13. The molecule has 0 atom stereocenters. The first-order chi connectivity index (χ1) is 15.1. The average molecular weight is 412 g/mol. The van der Waals surface area contributed by atoms with Crippen molar-refractivity contribution in [3.05, 3.63) is 87.1 Å². The van der Waals surface area contributed by atoms with Crippen LogP contribution in [0.1, 0.15) is 60.8 Å². The minimum atomic E-state index is 0.0937. The lowest BCUT2D eigenvalue weighted by Gasteiger charge is -2.16. The molecule has 0 spiro atoms. The highest BCUT2D eigenvalue weighted by atomic mass is 16.1. The number of hydrogen-bond donors (Lipinski definition) is 0. The van der Waals surface area contributed by atoms with Gasteiger partial charge in [-0.15, -0.1) is 0 Å². The van der Waals surface area contributed by atoms with Gasteiger partial charge in [0.15, 0.2) is 0 Å². The fourth-order valence-electron chi connectivity index (χ4n) is 4.13. The van der Waals surface area contributed by atoms with Crippen LogP contribution in [0.25, 0.3) is 11.1 Å². The lowest BCUT2D eigenvalue weighted by Crippen LogP contribution is -2.30. The largest absolute Gasteiger partial charge is 0.296 e. The fraction of sp³-hybridized carbons (Fsp3) is 0.370. The molecular weight excluding hydrogens is 382 g/mol. The van der Waals surface area contributed by atoms with E-state index in [0.29, 0.717) is 17.9 Å². The smallest absolute Gasteiger partial charge is 0.257 e. The molecular formula is C27H29N3O. The molecule has 4 rings (SSSR count). The summed E-state index contributed by atoms with van der Waals surface area (Å²) < 4.78 is 1.87. The Labute approximate surface area is 184 Å². The van der Waals surface area contributed by atoms with Crippen molar-refractivity contribution in [2.75, 3.05) is 0 Å². The van der Waals surface area contributed by atoms with Gasteiger partial charge in [-0.1, -0.05) is 55.8 Å². The van der Waals surface area contributed by atoms with Gasteiger partial charge >= 0.3 is 0 Å². The van der Waals surface area contributed by atoms with Gasteiger partial charge in [-0.3, -0.25) is 9.36 Å². The lowest BCUT2D eigenvalue weighted by molar-refractivity contribution is 0.565.